The first kappa shape index (κ1) is 13.5. The van der Waals surface area contributed by atoms with E-state index in [1.807, 2.05) is 18.5 Å². The van der Waals surface area contributed by atoms with Crippen molar-refractivity contribution in [3.8, 4) is 0 Å². The monoisotopic (exact) mass is 297 g/mol. The van der Waals surface area contributed by atoms with Crippen LogP contribution in [0.2, 0.25) is 0 Å². The van der Waals surface area contributed by atoms with Crippen LogP contribution < -0.4 is 5.43 Å². The summed E-state index contributed by atoms with van der Waals surface area (Å²) in [5.41, 5.74) is 1.81. The highest BCUT2D eigenvalue weighted by Gasteiger charge is 2.23. The Hall–Kier alpha value is -2.14. The molecule has 0 aromatic carbocycles. The van der Waals surface area contributed by atoms with Gasteiger partial charge >= 0.3 is 0 Å². The smallest absolute Gasteiger partial charge is 0.190 e. The molecule has 1 aliphatic carbocycles. The van der Waals surface area contributed by atoms with Gasteiger partial charge in [-0.25, -0.2) is 4.98 Å². The number of aliphatic hydroxyl groups excluding tert-OH is 1. The lowest BCUT2D eigenvalue weighted by atomic mass is 9.86. The van der Waals surface area contributed by atoms with E-state index in [0.717, 1.165) is 42.2 Å². The molecule has 4 rings (SSSR count). The molecule has 0 spiro atoms. The molecule has 0 bridgehead atoms. The molecule has 3 heterocycles. The largest absolute Gasteiger partial charge is 0.396 e. The summed E-state index contributed by atoms with van der Waals surface area (Å²) in [6, 6.07) is 4.01. The number of aromatic nitrogens is 3. The van der Waals surface area contributed by atoms with Crippen molar-refractivity contribution in [2.75, 3.05) is 6.61 Å². The SMILES string of the molecule is O=c1ccn([C@H]2CC[C@H](CO)CC2)c2c1cnc1[nH]ccc12. The van der Waals surface area contributed by atoms with Gasteiger partial charge in [0, 0.05) is 42.7 Å². The number of hydrogen-bond acceptors (Lipinski definition) is 3. The van der Waals surface area contributed by atoms with Gasteiger partial charge in [-0.05, 0) is 37.7 Å². The number of aliphatic hydroxyl groups is 1. The minimum Gasteiger partial charge on any atom is -0.396 e. The van der Waals surface area contributed by atoms with E-state index in [1.54, 1.807) is 12.3 Å². The van der Waals surface area contributed by atoms with Gasteiger partial charge in [-0.15, -0.1) is 0 Å². The number of H-pyrrole nitrogens is 1. The van der Waals surface area contributed by atoms with E-state index >= 15 is 0 Å². The highest BCUT2D eigenvalue weighted by atomic mass is 16.3. The van der Waals surface area contributed by atoms with E-state index in [0.29, 0.717) is 17.3 Å². The minimum atomic E-state index is 0.0193. The molecule has 0 radical (unpaired) electrons. The highest BCUT2D eigenvalue weighted by molar-refractivity contribution is 6.02. The predicted octanol–water partition coefficient (Wildman–Crippen LogP) is 2.60. The maximum absolute atomic E-state index is 12.2. The van der Waals surface area contributed by atoms with Crippen molar-refractivity contribution >= 4 is 21.9 Å². The Morgan fingerprint density at radius 2 is 2.05 bits per heavy atom. The van der Waals surface area contributed by atoms with Gasteiger partial charge in [0.25, 0.3) is 0 Å². The first-order valence-corrected chi connectivity index (χ1v) is 7.85. The van der Waals surface area contributed by atoms with Crippen LogP contribution in [0.4, 0.5) is 0 Å². The molecule has 1 saturated carbocycles. The van der Waals surface area contributed by atoms with Gasteiger partial charge in [0.15, 0.2) is 5.43 Å². The fraction of sp³-hybridized carbons (Fsp3) is 0.412. The van der Waals surface area contributed by atoms with Crippen molar-refractivity contribution in [1.82, 2.24) is 14.5 Å². The molecule has 3 aromatic heterocycles. The molecule has 1 fully saturated rings. The second kappa shape index (κ2) is 5.25. The topological polar surface area (TPSA) is 70.9 Å². The number of aromatic amines is 1. The highest BCUT2D eigenvalue weighted by Crippen LogP contribution is 2.34. The van der Waals surface area contributed by atoms with E-state index in [1.165, 1.54) is 0 Å². The second-order valence-corrected chi connectivity index (χ2v) is 6.20. The van der Waals surface area contributed by atoms with E-state index in [2.05, 4.69) is 14.5 Å². The molecule has 5 heteroatoms. The maximum atomic E-state index is 12.2. The van der Waals surface area contributed by atoms with Crippen LogP contribution >= 0.6 is 0 Å². The van der Waals surface area contributed by atoms with E-state index in [4.69, 9.17) is 0 Å². The molecule has 114 valence electrons. The number of pyridine rings is 2. The van der Waals surface area contributed by atoms with Crippen LogP contribution in [0.15, 0.2) is 35.5 Å². The Labute approximate surface area is 127 Å². The third-order valence-electron chi connectivity index (χ3n) is 4.94. The van der Waals surface area contributed by atoms with E-state index < -0.39 is 0 Å². The summed E-state index contributed by atoms with van der Waals surface area (Å²) in [6.45, 7) is 0.281. The quantitative estimate of drug-likeness (QED) is 0.764. The van der Waals surface area contributed by atoms with Gasteiger partial charge in [0.1, 0.15) is 5.65 Å². The van der Waals surface area contributed by atoms with Gasteiger partial charge in [0.2, 0.25) is 0 Å². The van der Waals surface area contributed by atoms with Gasteiger partial charge in [-0.1, -0.05) is 0 Å². The van der Waals surface area contributed by atoms with Crippen LogP contribution in [0.25, 0.3) is 21.9 Å². The van der Waals surface area contributed by atoms with Crippen LogP contribution in [-0.2, 0) is 0 Å². The molecule has 0 atom stereocenters. The van der Waals surface area contributed by atoms with Crippen molar-refractivity contribution in [3.05, 3.63) is 40.9 Å². The Morgan fingerprint density at radius 1 is 1.23 bits per heavy atom. The van der Waals surface area contributed by atoms with Crippen LogP contribution in [0.5, 0.6) is 0 Å². The first-order valence-electron chi connectivity index (χ1n) is 7.85. The van der Waals surface area contributed by atoms with Gasteiger partial charge in [-0.2, -0.15) is 0 Å². The lowest BCUT2D eigenvalue weighted by Crippen LogP contribution is -2.21. The lowest BCUT2D eigenvalue weighted by molar-refractivity contribution is 0.170. The summed E-state index contributed by atoms with van der Waals surface area (Å²) in [7, 11) is 0. The first-order chi connectivity index (χ1) is 10.8. The summed E-state index contributed by atoms with van der Waals surface area (Å²) in [4.78, 5) is 19.6. The Balaban J connectivity index is 1.89. The molecule has 3 aromatic rings. The molecule has 22 heavy (non-hydrogen) atoms. The summed E-state index contributed by atoms with van der Waals surface area (Å²) in [5, 5.41) is 11.0. The molecule has 0 aliphatic heterocycles. The minimum absolute atomic E-state index is 0.0193. The van der Waals surface area contributed by atoms with Crippen molar-refractivity contribution < 1.29 is 5.11 Å². The molecule has 0 amide bonds. The lowest BCUT2D eigenvalue weighted by Gasteiger charge is -2.30. The zero-order valence-corrected chi connectivity index (χ0v) is 12.3. The van der Waals surface area contributed by atoms with Gasteiger partial charge in [0.05, 0.1) is 10.9 Å². The average Bonchev–Trinajstić information content (AvgIpc) is 3.04. The van der Waals surface area contributed by atoms with Gasteiger partial charge in [-0.3, -0.25) is 4.79 Å². The summed E-state index contributed by atoms with van der Waals surface area (Å²) in [6.07, 6.45) is 9.61. The normalized spacial score (nSPS) is 22.4. The Kier molecular flexibility index (Phi) is 3.22. The third-order valence-corrected chi connectivity index (χ3v) is 4.94. The molecule has 0 saturated heterocycles. The zero-order valence-electron chi connectivity index (χ0n) is 12.3. The number of nitrogens with one attached hydrogen (secondary N) is 1. The molecular formula is C17H19N3O2. The van der Waals surface area contributed by atoms with Crippen LogP contribution in [-0.4, -0.2) is 26.2 Å². The fourth-order valence-corrected chi connectivity index (χ4v) is 3.67. The number of rotatable bonds is 2. The predicted molar refractivity (Wildman–Crippen MR) is 85.9 cm³/mol. The second-order valence-electron chi connectivity index (χ2n) is 6.20. The molecule has 2 N–H and O–H groups in total. The van der Waals surface area contributed by atoms with Gasteiger partial charge < -0.3 is 14.7 Å². The summed E-state index contributed by atoms with van der Waals surface area (Å²) < 4.78 is 2.24. The Morgan fingerprint density at radius 3 is 2.82 bits per heavy atom. The standard InChI is InChI=1S/C17H19N3O2/c21-10-11-1-3-12(4-2-11)20-8-6-15(22)14-9-19-17-13(16(14)20)5-7-18-17/h5-9,11-12,21H,1-4,10H2,(H,18,19)/t11-,12-. The molecular weight excluding hydrogens is 278 g/mol. The average molecular weight is 297 g/mol. The summed E-state index contributed by atoms with van der Waals surface area (Å²) in [5.74, 6) is 0.427. The van der Waals surface area contributed by atoms with E-state index in [-0.39, 0.29) is 12.0 Å². The number of fused-ring (bicyclic) bond motifs is 3. The van der Waals surface area contributed by atoms with Crippen LogP contribution in [0, 0.1) is 5.92 Å². The van der Waals surface area contributed by atoms with Crippen LogP contribution in [0.3, 0.4) is 0 Å². The Bertz CT molecular complexity index is 872. The van der Waals surface area contributed by atoms with Crippen molar-refractivity contribution in [3.63, 3.8) is 0 Å². The molecule has 5 nitrogen and oxygen atoms in total. The third kappa shape index (κ3) is 2.04. The van der Waals surface area contributed by atoms with Crippen LogP contribution in [0.1, 0.15) is 31.7 Å². The van der Waals surface area contributed by atoms with Crippen molar-refractivity contribution in [2.45, 2.75) is 31.7 Å². The molecule has 1 aliphatic rings. The fourth-order valence-electron chi connectivity index (χ4n) is 3.67. The number of hydrogen-bond donors (Lipinski definition) is 2. The van der Waals surface area contributed by atoms with E-state index in [9.17, 15) is 9.90 Å². The zero-order chi connectivity index (χ0) is 15.1. The maximum Gasteiger partial charge on any atom is 0.190 e. The summed E-state index contributed by atoms with van der Waals surface area (Å²) >= 11 is 0. The van der Waals surface area contributed by atoms with Crippen molar-refractivity contribution in [2.24, 2.45) is 5.92 Å². The number of nitrogens with zero attached hydrogens (tertiary/aromatic N) is 2. The molecule has 0 unspecified atom stereocenters. The van der Waals surface area contributed by atoms with Crippen molar-refractivity contribution in [1.29, 1.82) is 0 Å².